The Morgan fingerprint density at radius 3 is 2.45 bits per heavy atom. The zero-order valence-electron chi connectivity index (χ0n) is 22.0. The maximum Gasteiger partial charge on any atom is 0.301 e. The molecule has 1 aromatic heterocycles. The summed E-state index contributed by atoms with van der Waals surface area (Å²) >= 11 is 13.4. The first kappa shape index (κ1) is 28.0. The second-order valence-electron chi connectivity index (χ2n) is 9.73. The molecule has 2 heterocycles. The van der Waals surface area contributed by atoms with Crippen LogP contribution in [0.1, 0.15) is 37.4 Å². The third-order valence-corrected chi connectivity index (χ3v) is 8.07. The van der Waals surface area contributed by atoms with Crippen molar-refractivity contribution in [1.82, 2.24) is 4.98 Å². The van der Waals surface area contributed by atoms with Crippen molar-refractivity contribution in [3.63, 3.8) is 0 Å². The van der Waals surface area contributed by atoms with Gasteiger partial charge in [0.25, 0.3) is 5.78 Å². The number of carbonyl (C=O) groups excluding carboxylic acids is 2. The lowest BCUT2D eigenvalue weighted by Gasteiger charge is -2.24. The molecule has 1 amide bonds. The fourth-order valence-corrected chi connectivity index (χ4v) is 5.87. The van der Waals surface area contributed by atoms with Crippen LogP contribution in [0.2, 0.25) is 10.0 Å². The van der Waals surface area contributed by atoms with Gasteiger partial charge < -0.3 is 14.6 Å². The maximum absolute atomic E-state index is 13.6. The molecule has 0 radical (unpaired) electrons. The predicted octanol–water partition coefficient (Wildman–Crippen LogP) is 7.66. The highest BCUT2D eigenvalue weighted by Crippen LogP contribution is 2.46. The molecule has 40 heavy (non-hydrogen) atoms. The van der Waals surface area contributed by atoms with E-state index in [1.807, 2.05) is 0 Å². The summed E-state index contributed by atoms with van der Waals surface area (Å²) in [6.45, 7) is 4.74. The van der Waals surface area contributed by atoms with Crippen molar-refractivity contribution >= 4 is 67.3 Å². The number of fused-ring (bicyclic) bond motifs is 1. The molecule has 1 atom stereocenters. The molecular weight excluding hydrogens is 571 g/mol. The molecule has 1 aliphatic heterocycles. The number of hydrogen-bond donors (Lipinski definition) is 1. The van der Waals surface area contributed by atoms with Crippen molar-refractivity contribution in [2.75, 3.05) is 18.6 Å². The summed E-state index contributed by atoms with van der Waals surface area (Å²) in [7, 11) is 1.52. The molecule has 0 aliphatic carbocycles. The summed E-state index contributed by atoms with van der Waals surface area (Å²) in [6.07, 6.45) is 0.869. The van der Waals surface area contributed by atoms with Crippen LogP contribution >= 0.6 is 34.5 Å². The molecule has 0 bridgehead atoms. The van der Waals surface area contributed by atoms with E-state index in [0.29, 0.717) is 55.8 Å². The number of halogens is 2. The minimum absolute atomic E-state index is 0.0693. The molecule has 1 saturated heterocycles. The summed E-state index contributed by atoms with van der Waals surface area (Å²) < 4.78 is 12.3. The summed E-state index contributed by atoms with van der Waals surface area (Å²) in [4.78, 5) is 33.0. The first-order valence-electron chi connectivity index (χ1n) is 12.6. The van der Waals surface area contributed by atoms with Crippen molar-refractivity contribution in [2.24, 2.45) is 5.92 Å². The Labute approximate surface area is 245 Å². The molecule has 4 aromatic rings. The molecule has 7 nitrogen and oxygen atoms in total. The first-order valence-corrected chi connectivity index (χ1v) is 14.2. The lowest BCUT2D eigenvalue weighted by molar-refractivity contribution is -0.132. The van der Waals surface area contributed by atoms with E-state index in [9.17, 15) is 14.7 Å². The van der Waals surface area contributed by atoms with E-state index in [1.54, 1.807) is 60.7 Å². The molecule has 10 heteroatoms. The topological polar surface area (TPSA) is 89.0 Å². The Kier molecular flexibility index (Phi) is 8.03. The monoisotopic (exact) mass is 596 g/mol. The van der Waals surface area contributed by atoms with E-state index in [1.165, 1.54) is 23.3 Å². The summed E-state index contributed by atoms with van der Waals surface area (Å²) in [6, 6.07) is 15.8. The lowest BCUT2D eigenvalue weighted by Crippen LogP contribution is -2.29. The van der Waals surface area contributed by atoms with Gasteiger partial charge in [0, 0.05) is 15.6 Å². The second-order valence-corrected chi connectivity index (χ2v) is 11.6. The summed E-state index contributed by atoms with van der Waals surface area (Å²) in [5, 5.41) is 12.7. The normalized spacial score (nSPS) is 16.8. The van der Waals surface area contributed by atoms with E-state index >= 15 is 0 Å². The number of amides is 1. The Hall–Kier alpha value is -3.59. The van der Waals surface area contributed by atoms with Gasteiger partial charge in [-0.05, 0) is 72.5 Å². The second kappa shape index (κ2) is 11.5. The molecule has 0 spiro atoms. The molecule has 206 valence electrons. The largest absolute Gasteiger partial charge is 0.507 e. The minimum Gasteiger partial charge on any atom is -0.507 e. The van der Waals surface area contributed by atoms with Crippen molar-refractivity contribution in [3.8, 4) is 11.5 Å². The Bertz CT molecular complexity index is 1630. The van der Waals surface area contributed by atoms with Gasteiger partial charge in [-0.3, -0.25) is 14.5 Å². The van der Waals surface area contributed by atoms with Gasteiger partial charge in [0.2, 0.25) is 0 Å². The molecule has 1 unspecified atom stereocenters. The Balaban J connectivity index is 1.66. The van der Waals surface area contributed by atoms with Crippen LogP contribution in [0.15, 0.2) is 66.2 Å². The fraction of sp³-hybridized carbons (Fsp3) is 0.233. The number of methoxy groups -OCH3 is 1. The molecule has 0 saturated carbocycles. The number of Topliss-reactive ketones (excluding diaryl/α,β-unsaturated/α-hetero) is 1. The molecule has 3 aromatic carbocycles. The van der Waals surface area contributed by atoms with Gasteiger partial charge in [-0.1, -0.05) is 54.5 Å². The van der Waals surface area contributed by atoms with E-state index in [0.717, 1.165) is 11.1 Å². The zero-order chi connectivity index (χ0) is 28.6. The maximum atomic E-state index is 13.6. The number of aliphatic hydroxyl groups excluding tert-OH is 1. The number of benzene rings is 3. The number of thiazole rings is 1. The number of carbonyl (C=O) groups is 2. The highest BCUT2D eigenvalue weighted by Gasteiger charge is 2.48. The van der Waals surface area contributed by atoms with Gasteiger partial charge in [0.15, 0.2) is 16.6 Å². The van der Waals surface area contributed by atoms with Crippen molar-refractivity contribution in [1.29, 1.82) is 0 Å². The first-order chi connectivity index (χ1) is 19.2. The average molecular weight is 598 g/mol. The van der Waals surface area contributed by atoms with Gasteiger partial charge >= 0.3 is 5.91 Å². The molecule has 1 fully saturated rings. The number of rotatable bonds is 8. The van der Waals surface area contributed by atoms with Gasteiger partial charge in [0.05, 0.1) is 35.5 Å². The van der Waals surface area contributed by atoms with Crippen LogP contribution in [0, 0.1) is 5.92 Å². The van der Waals surface area contributed by atoms with E-state index < -0.39 is 17.7 Å². The van der Waals surface area contributed by atoms with E-state index in [-0.39, 0.29) is 11.3 Å². The van der Waals surface area contributed by atoms with Crippen LogP contribution in [0.3, 0.4) is 0 Å². The van der Waals surface area contributed by atoms with Crippen LogP contribution in [-0.4, -0.2) is 35.5 Å². The van der Waals surface area contributed by atoms with Crippen molar-refractivity contribution in [3.05, 3.63) is 87.4 Å². The minimum atomic E-state index is -0.981. The van der Waals surface area contributed by atoms with Gasteiger partial charge in [-0.25, -0.2) is 4.98 Å². The number of anilines is 1. The number of hydrogen-bond acceptors (Lipinski definition) is 7. The Morgan fingerprint density at radius 1 is 1.02 bits per heavy atom. The number of aliphatic hydroxyl groups is 1. The molecule has 5 rings (SSSR count). The van der Waals surface area contributed by atoms with Crippen LogP contribution in [-0.2, 0) is 9.59 Å². The van der Waals surface area contributed by atoms with Gasteiger partial charge in [-0.15, -0.1) is 0 Å². The standard InChI is InChI=1S/C30H26Cl2N2O5S/c1-16(2)12-13-39-22-11-6-18(14-23(22)38-3)26-25(27(35)17-4-7-19(31)8-5-17)28(36)29(37)34(26)30-33-21-10-9-20(32)15-24(21)40-30/h4-11,14-16,26,35H,12-13H2,1-3H3/b27-25+. The van der Waals surface area contributed by atoms with Crippen molar-refractivity contribution in [2.45, 2.75) is 26.3 Å². The smallest absolute Gasteiger partial charge is 0.301 e. The van der Waals surface area contributed by atoms with Crippen LogP contribution in [0.4, 0.5) is 5.13 Å². The average Bonchev–Trinajstić information content (AvgIpc) is 3.46. The quantitative estimate of drug-likeness (QED) is 0.127. The molecule has 1 aliphatic rings. The highest BCUT2D eigenvalue weighted by molar-refractivity contribution is 7.22. The van der Waals surface area contributed by atoms with E-state index in [2.05, 4.69) is 18.8 Å². The number of ketones is 1. The van der Waals surface area contributed by atoms with Gasteiger partial charge in [-0.2, -0.15) is 0 Å². The zero-order valence-corrected chi connectivity index (χ0v) is 24.3. The molecule has 1 N–H and O–H groups in total. The third kappa shape index (κ3) is 5.39. The Morgan fingerprint density at radius 2 is 1.75 bits per heavy atom. The number of nitrogens with zero attached hydrogens (tertiary/aromatic N) is 2. The number of aromatic nitrogens is 1. The van der Waals surface area contributed by atoms with Crippen LogP contribution < -0.4 is 14.4 Å². The van der Waals surface area contributed by atoms with Crippen molar-refractivity contribution < 1.29 is 24.2 Å². The lowest BCUT2D eigenvalue weighted by atomic mass is 9.95. The number of ether oxygens (including phenoxy) is 2. The fourth-order valence-electron chi connectivity index (χ4n) is 4.48. The SMILES string of the molecule is COc1cc(C2/C(=C(\O)c3ccc(Cl)cc3)C(=O)C(=O)N2c2nc3ccc(Cl)cc3s2)ccc1OCCC(C)C. The summed E-state index contributed by atoms with van der Waals surface area (Å²) in [5.74, 6) is -0.497. The van der Waals surface area contributed by atoms with Crippen LogP contribution in [0.25, 0.3) is 16.0 Å². The molecular formula is C30H26Cl2N2O5S. The predicted molar refractivity (Wildman–Crippen MR) is 159 cm³/mol. The van der Waals surface area contributed by atoms with E-state index in [4.69, 9.17) is 32.7 Å². The highest BCUT2D eigenvalue weighted by atomic mass is 35.5. The third-order valence-electron chi connectivity index (χ3n) is 6.56. The van der Waals surface area contributed by atoms with Crippen LogP contribution in [0.5, 0.6) is 11.5 Å². The van der Waals surface area contributed by atoms with Gasteiger partial charge in [0.1, 0.15) is 5.76 Å². The summed E-state index contributed by atoms with van der Waals surface area (Å²) in [5.41, 5.74) is 1.46.